The molecule has 0 spiro atoms. The first-order valence-electron chi connectivity index (χ1n) is 7.96. The van der Waals surface area contributed by atoms with Crippen molar-refractivity contribution in [3.05, 3.63) is 72.2 Å². The minimum Gasteiger partial charge on any atom is -0.346 e. The van der Waals surface area contributed by atoms with E-state index >= 15 is 0 Å². The zero-order valence-electron chi connectivity index (χ0n) is 13.9. The average Bonchev–Trinajstić information content (AvgIpc) is 3.26. The van der Waals surface area contributed by atoms with E-state index in [1.807, 2.05) is 19.3 Å². The standard InChI is InChI=1S/C18H15FN6O/c1-24-7-6-13(23-24)8-21-18(26)16-9-20-11-17-15(16)10-22-25(17)14-4-2-12(19)3-5-14/h2-7,9-11H,8H2,1H3,(H,21,26). The lowest BCUT2D eigenvalue weighted by molar-refractivity contribution is 0.0951. The first-order chi connectivity index (χ1) is 12.6. The largest absolute Gasteiger partial charge is 0.346 e. The number of nitrogens with zero attached hydrogens (tertiary/aromatic N) is 5. The van der Waals surface area contributed by atoms with Crippen LogP contribution in [0.5, 0.6) is 0 Å². The SMILES string of the molecule is Cn1ccc(CNC(=O)c2cncc3c2cnn3-c2ccc(F)cc2)n1. The van der Waals surface area contributed by atoms with Gasteiger partial charge in [0.15, 0.2) is 0 Å². The van der Waals surface area contributed by atoms with Crippen molar-refractivity contribution in [3.63, 3.8) is 0 Å². The van der Waals surface area contributed by atoms with Gasteiger partial charge in [0.25, 0.3) is 5.91 Å². The van der Waals surface area contributed by atoms with Gasteiger partial charge in [0.2, 0.25) is 0 Å². The Morgan fingerprint density at radius 3 is 2.69 bits per heavy atom. The van der Waals surface area contributed by atoms with Crippen molar-refractivity contribution in [1.82, 2.24) is 29.9 Å². The summed E-state index contributed by atoms with van der Waals surface area (Å²) in [4.78, 5) is 16.7. The fourth-order valence-electron chi connectivity index (χ4n) is 2.73. The summed E-state index contributed by atoms with van der Waals surface area (Å²) in [5, 5.41) is 12.1. The quantitative estimate of drug-likeness (QED) is 0.612. The molecule has 26 heavy (non-hydrogen) atoms. The molecule has 8 heteroatoms. The van der Waals surface area contributed by atoms with E-state index in [0.29, 0.717) is 28.7 Å². The number of halogens is 1. The molecular formula is C18H15FN6O. The second-order valence-corrected chi connectivity index (χ2v) is 5.82. The van der Waals surface area contributed by atoms with Crippen molar-refractivity contribution >= 4 is 16.8 Å². The Hall–Kier alpha value is -3.55. The van der Waals surface area contributed by atoms with Gasteiger partial charge in [0.1, 0.15) is 5.82 Å². The Bertz CT molecular complexity index is 1080. The number of carbonyl (C=O) groups is 1. The number of aryl methyl sites for hydroxylation is 1. The highest BCUT2D eigenvalue weighted by Gasteiger charge is 2.15. The molecule has 7 nitrogen and oxygen atoms in total. The van der Waals surface area contributed by atoms with Crippen LogP contribution in [0.4, 0.5) is 4.39 Å². The Balaban J connectivity index is 1.63. The first-order valence-corrected chi connectivity index (χ1v) is 7.96. The molecule has 0 saturated heterocycles. The van der Waals surface area contributed by atoms with Crippen LogP contribution >= 0.6 is 0 Å². The van der Waals surface area contributed by atoms with Gasteiger partial charge in [-0.05, 0) is 30.3 Å². The molecule has 0 aliphatic rings. The lowest BCUT2D eigenvalue weighted by atomic mass is 10.2. The van der Waals surface area contributed by atoms with Crippen LogP contribution in [-0.4, -0.2) is 30.5 Å². The zero-order valence-corrected chi connectivity index (χ0v) is 13.9. The predicted molar refractivity (Wildman–Crippen MR) is 93.2 cm³/mol. The van der Waals surface area contributed by atoms with Crippen LogP contribution in [0.15, 0.2) is 55.1 Å². The van der Waals surface area contributed by atoms with Crippen LogP contribution < -0.4 is 5.32 Å². The molecule has 0 saturated carbocycles. The highest BCUT2D eigenvalue weighted by molar-refractivity contribution is 6.05. The minimum atomic E-state index is -0.321. The normalized spacial score (nSPS) is 11.0. The summed E-state index contributed by atoms with van der Waals surface area (Å²) < 4.78 is 16.4. The van der Waals surface area contributed by atoms with E-state index in [4.69, 9.17) is 0 Å². The predicted octanol–water partition coefficient (Wildman–Crippen LogP) is 2.22. The molecule has 4 aromatic rings. The molecule has 0 bridgehead atoms. The molecular weight excluding hydrogens is 335 g/mol. The number of nitrogens with one attached hydrogen (secondary N) is 1. The molecule has 3 aromatic heterocycles. The van der Waals surface area contributed by atoms with Crippen molar-refractivity contribution in [1.29, 1.82) is 0 Å². The Morgan fingerprint density at radius 2 is 1.96 bits per heavy atom. The smallest absolute Gasteiger partial charge is 0.253 e. The van der Waals surface area contributed by atoms with Gasteiger partial charge in [-0.15, -0.1) is 0 Å². The summed E-state index contributed by atoms with van der Waals surface area (Å²) >= 11 is 0. The number of amides is 1. The summed E-state index contributed by atoms with van der Waals surface area (Å²) in [5.74, 6) is -0.578. The maximum absolute atomic E-state index is 13.1. The number of rotatable bonds is 4. The number of aromatic nitrogens is 5. The summed E-state index contributed by atoms with van der Waals surface area (Å²) in [7, 11) is 1.82. The maximum atomic E-state index is 13.1. The maximum Gasteiger partial charge on any atom is 0.253 e. The van der Waals surface area contributed by atoms with Gasteiger partial charge in [-0.1, -0.05) is 0 Å². The summed E-state index contributed by atoms with van der Waals surface area (Å²) in [6, 6.07) is 7.80. The van der Waals surface area contributed by atoms with Crippen molar-refractivity contribution in [2.45, 2.75) is 6.54 Å². The third kappa shape index (κ3) is 2.92. The van der Waals surface area contributed by atoms with E-state index < -0.39 is 0 Å². The Kier molecular flexibility index (Phi) is 3.92. The molecule has 0 fully saturated rings. The second-order valence-electron chi connectivity index (χ2n) is 5.82. The van der Waals surface area contributed by atoms with Gasteiger partial charge in [0.05, 0.1) is 41.4 Å². The monoisotopic (exact) mass is 350 g/mol. The molecule has 130 valence electrons. The third-order valence-corrected chi connectivity index (χ3v) is 4.01. The van der Waals surface area contributed by atoms with Crippen molar-refractivity contribution < 1.29 is 9.18 Å². The highest BCUT2D eigenvalue weighted by atomic mass is 19.1. The number of pyridine rings is 1. The van der Waals surface area contributed by atoms with Crippen LogP contribution in [0.2, 0.25) is 0 Å². The topological polar surface area (TPSA) is 77.6 Å². The van der Waals surface area contributed by atoms with Crippen LogP contribution in [0, 0.1) is 5.82 Å². The van der Waals surface area contributed by atoms with Gasteiger partial charge in [-0.3, -0.25) is 14.5 Å². The summed E-state index contributed by atoms with van der Waals surface area (Å²) in [5.41, 5.74) is 2.55. The lowest BCUT2D eigenvalue weighted by Crippen LogP contribution is -2.23. The van der Waals surface area contributed by atoms with E-state index in [1.54, 1.807) is 33.9 Å². The van der Waals surface area contributed by atoms with Gasteiger partial charge in [-0.25, -0.2) is 9.07 Å². The molecule has 0 aliphatic carbocycles. The van der Waals surface area contributed by atoms with Crippen LogP contribution in [0.25, 0.3) is 16.6 Å². The molecule has 1 aromatic carbocycles. The van der Waals surface area contributed by atoms with E-state index in [0.717, 1.165) is 5.69 Å². The molecule has 0 unspecified atom stereocenters. The summed E-state index contributed by atoms with van der Waals surface area (Å²) in [6.07, 6.45) is 6.56. The number of hydrogen-bond donors (Lipinski definition) is 1. The van der Waals surface area contributed by atoms with Gasteiger partial charge < -0.3 is 5.32 Å². The molecule has 0 atom stereocenters. The Morgan fingerprint density at radius 1 is 1.15 bits per heavy atom. The molecule has 0 radical (unpaired) electrons. The van der Waals surface area contributed by atoms with Gasteiger partial charge in [-0.2, -0.15) is 10.2 Å². The van der Waals surface area contributed by atoms with Gasteiger partial charge >= 0.3 is 0 Å². The lowest BCUT2D eigenvalue weighted by Gasteiger charge is -2.06. The number of benzene rings is 1. The van der Waals surface area contributed by atoms with E-state index in [-0.39, 0.29) is 11.7 Å². The minimum absolute atomic E-state index is 0.257. The molecule has 3 heterocycles. The summed E-state index contributed by atoms with van der Waals surface area (Å²) in [6.45, 7) is 0.322. The van der Waals surface area contributed by atoms with Crippen LogP contribution in [0.3, 0.4) is 0 Å². The van der Waals surface area contributed by atoms with Crippen molar-refractivity contribution in [2.24, 2.45) is 7.05 Å². The molecule has 1 N–H and O–H groups in total. The Labute approximate surface area is 148 Å². The average molecular weight is 350 g/mol. The zero-order chi connectivity index (χ0) is 18.1. The molecule has 1 amide bonds. The van der Waals surface area contributed by atoms with Crippen LogP contribution in [0.1, 0.15) is 16.1 Å². The van der Waals surface area contributed by atoms with E-state index in [2.05, 4.69) is 20.5 Å². The van der Waals surface area contributed by atoms with Crippen LogP contribution in [-0.2, 0) is 13.6 Å². The fraction of sp³-hybridized carbons (Fsp3) is 0.111. The molecule has 4 rings (SSSR count). The first kappa shape index (κ1) is 15.9. The van der Waals surface area contributed by atoms with E-state index in [9.17, 15) is 9.18 Å². The number of hydrogen-bond acceptors (Lipinski definition) is 4. The number of carbonyl (C=O) groups excluding carboxylic acids is 1. The third-order valence-electron chi connectivity index (χ3n) is 4.01. The second kappa shape index (κ2) is 6.40. The van der Waals surface area contributed by atoms with Crippen molar-refractivity contribution in [2.75, 3.05) is 0 Å². The fourth-order valence-corrected chi connectivity index (χ4v) is 2.73. The van der Waals surface area contributed by atoms with Crippen molar-refractivity contribution in [3.8, 4) is 5.69 Å². The molecule has 0 aliphatic heterocycles. The van der Waals surface area contributed by atoms with E-state index in [1.165, 1.54) is 18.3 Å². The van der Waals surface area contributed by atoms with Gasteiger partial charge in [0, 0.05) is 24.8 Å². The number of fused-ring (bicyclic) bond motifs is 1. The highest BCUT2D eigenvalue weighted by Crippen LogP contribution is 2.21.